The molecule has 0 atom stereocenters. The van der Waals surface area contributed by atoms with Crippen LogP contribution in [0.2, 0.25) is 0 Å². The molecule has 0 bridgehead atoms. The quantitative estimate of drug-likeness (QED) is 0.834. The minimum absolute atomic E-state index is 0.123. The molecule has 1 fully saturated rings. The third-order valence-corrected chi connectivity index (χ3v) is 5.40. The summed E-state index contributed by atoms with van der Waals surface area (Å²) in [6, 6.07) is 4.92. The van der Waals surface area contributed by atoms with Gasteiger partial charge in [-0.2, -0.15) is 0 Å². The number of anilines is 2. The Hall–Kier alpha value is -1.27. The first-order valence-corrected chi connectivity index (χ1v) is 8.47. The van der Waals surface area contributed by atoms with E-state index in [9.17, 15) is 8.42 Å². The highest BCUT2D eigenvalue weighted by Gasteiger charge is 2.30. The molecule has 0 radical (unpaired) electrons. The van der Waals surface area contributed by atoms with E-state index >= 15 is 0 Å². The maximum atomic E-state index is 11.7. The molecule has 1 aliphatic rings. The Kier molecular flexibility index (Phi) is 3.97. The van der Waals surface area contributed by atoms with E-state index in [0.717, 1.165) is 32.4 Å². The number of rotatable bonds is 3. The van der Waals surface area contributed by atoms with Crippen molar-refractivity contribution in [2.24, 2.45) is 10.6 Å². The Morgan fingerprint density at radius 1 is 1.30 bits per heavy atom. The van der Waals surface area contributed by atoms with Gasteiger partial charge in [0.25, 0.3) is 0 Å². The molecule has 0 aromatic heterocycles. The zero-order chi connectivity index (χ0) is 15.0. The third-order valence-electron chi connectivity index (χ3n) is 4.46. The number of nitrogens with two attached hydrogens (primary N) is 2. The van der Waals surface area contributed by atoms with Crippen LogP contribution in [0.4, 0.5) is 11.4 Å². The first kappa shape index (κ1) is 15.1. The number of primary sulfonamides is 1. The summed E-state index contributed by atoms with van der Waals surface area (Å²) in [4.78, 5) is 2.22. The molecule has 0 aliphatic carbocycles. The topological polar surface area (TPSA) is 89.4 Å². The van der Waals surface area contributed by atoms with E-state index in [1.54, 1.807) is 12.1 Å². The van der Waals surface area contributed by atoms with Gasteiger partial charge in [-0.15, -0.1) is 0 Å². The standard InChI is InChI=1S/C14H23N3O2S/c1-3-14(2)6-8-17(9-7-14)12-5-4-11(15)10-13(12)20(16,18)19/h4-5,10H,3,6-9,15H2,1-2H3,(H2,16,18,19). The summed E-state index contributed by atoms with van der Waals surface area (Å²) in [7, 11) is -3.76. The highest BCUT2D eigenvalue weighted by molar-refractivity contribution is 7.89. The van der Waals surface area contributed by atoms with Gasteiger partial charge in [0.15, 0.2) is 0 Å². The Balaban J connectivity index is 2.31. The van der Waals surface area contributed by atoms with E-state index in [4.69, 9.17) is 10.9 Å². The summed E-state index contributed by atoms with van der Waals surface area (Å²) in [6.45, 7) is 6.18. The summed E-state index contributed by atoms with van der Waals surface area (Å²) in [5.74, 6) is 0. The lowest BCUT2D eigenvalue weighted by Gasteiger charge is -2.40. The summed E-state index contributed by atoms with van der Waals surface area (Å²) < 4.78 is 23.5. The molecule has 5 nitrogen and oxygen atoms in total. The van der Waals surface area contributed by atoms with Gasteiger partial charge in [-0.1, -0.05) is 20.3 Å². The molecule has 6 heteroatoms. The SMILES string of the molecule is CCC1(C)CCN(c2ccc(N)cc2S(N)(=O)=O)CC1. The molecule has 0 spiro atoms. The minimum Gasteiger partial charge on any atom is -0.399 e. The minimum atomic E-state index is -3.76. The monoisotopic (exact) mass is 297 g/mol. The largest absolute Gasteiger partial charge is 0.399 e. The summed E-state index contributed by atoms with van der Waals surface area (Å²) >= 11 is 0. The number of hydrogen-bond donors (Lipinski definition) is 2. The lowest BCUT2D eigenvalue weighted by molar-refractivity contribution is 0.238. The summed E-state index contributed by atoms with van der Waals surface area (Å²) in [5.41, 5.74) is 7.11. The third kappa shape index (κ3) is 3.07. The van der Waals surface area contributed by atoms with E-state index in [-0.39, 0.29) is 4.90 Å². The molecule has 1 heterocycles. The molecule has 0 saturated carbocycles. The highest BCUT2D eigenvalue weighted by Crippen LogP contribution is 2.37. The number of nitrogens with zero attached hydrogens (tertiary/aromatic N) is 1. The number of hydrogen-bond acceptors (Lipinski definition) is 4. The van der Waals surface area contributed by atoms with E-state index in [0.29, 0.717) is 16.8 Å². The van der Waals surface area contributed by atoms with Crippen LogP contribution in [0.25, 0.3) is 0 Å². The predicted octanol–water partition coefficient (Wildman–Crippen LogP) is 1.93. The Morgan fingerprint density at radius 3 is 2.40 bits per heavy atom. The van der Waals surface area contributed by atoms with Crippen LogP contribution < -0.4 is 15.8 Å². The lowest BCUT2D eigenvalue weighted by Crippen LogP contribution is -2.39. The summed E-state index contributed by atoms with van der Waals surface area (Å²) in [5, 5.41) is 5.30. The van der Waals surface area contributed by atoms with Crippen LogP contribution in [0.15, 0.2) is 23.1 Å². The van der Waals surface area contributed by atoms with Crippen LogP contribution in [0.1, 0.15) is 33.1 Å². The number of nitrogen functional groups attached to an aromatic ring is 1. The van der Waals surface area contributed by atoms with Crippen molar-refractivity contribution < 1.29 is 8.42 Å². The lowest BCUT2D eigenvalue weighted by atomic mass is 9.78. The van der Waals surface area contributed by atoms with Gasteiger partial charge in [-0.25, -0.2) is 13.6 Å². The van der Waals surface area contributed by atoms with Crippen molar-refractivity contribution >= 4 is 21.4 Å². The maximum absolute atomic E-state index is 11.7. The van der Waals surface area contributed by atoms with Gasteiger partial charge in [0.1, 0.15) is 4.90 Å². The molecule has 0 unspecified atom stereocenters. The van der Waals surface area contributed by atoms with Crippen molar-refractivity contribution in [1.82, 2.24) is 0 Å². The van der Waals surface area contributed by atoms with Gasteiger partial charge >= 0.3 is 0 Å². The van der Waals surface area contributed by atoms with E-state index in [1.807, 2.05) is 0 Å². The average Bonchev–Trinajstić information content (AvgIpc) is 2.39. The van der Waals surface area contributed by atoms with Crippen LogP contribution in [0.3, 0.4) is 0 Å². The fraction of sp³-hybridized carbons (Fsp3) is 0.571. The van der Waals surface area contributed by atoms with E-state index < -0.39 is 10.0 Å². The average molecular weight is 297 g/mol. The molecule has 1 saturated heterocycles. The van der Waals surface area contributed by atoms with Gasteiger partial charge in [0, 0.05) is 18.8 Å². The molecule has 4 N–H and O–H groups in total. The molecule has 0 amide bonds. The molecule has 2 rings (SSSR count). The maximum Gasteiger partial charge on any atom is 0.240 e. The van der Waals surface area contributed by atoms with Crippen molar-refractivity contribution in [3.8, 4) is 0 Å². The van der Waals surface area contributed by atoms with Gasteiger partial charge in [0.05, 0.1) is 5.69 Å². The Bertz CT molecular complexity index is 590. The molecular formula is C14H23N3O2S. The van der Waals surface area contributed by atoms with Crippen molar-refractivity contribution in [2.75, 3.05) is 23.7 Å². The Labute approximate surface area is 121 Å². The Morgan fingerprint density at radius 2 is 1.90 bits per heavy atom. The van der Waals surface area contributed by atoms with E-state index in [2.05, 4.69) is 18.7 Å². The van der Waals surface area contributed by atoms with Crippen molar-refractivity contribution in [3.05, 3.63) is 18.2 Å². The second-order valence-electron chi connectivity index (χ2n) is 5.92. The molecule has 20 heavy (non-hydrogen) atoms. The normalized spacial score (nSPS) is 19.1. The predicted molar refractivity (Wildman–Crippen MR) is 82.1 cm³/mol. The van der Waals surface area contributed by atoms with Crippen LogP contribution >= 0.6 is 0 Å². The first-order valence-electron chi connectivity index (χ1n) is 6.92. The van der Waals surface area contributed by atoms with Gasteiger partial charge in [-0.3, -0.25) is 0 Å². The van der Waals surface area contributed by atoms with Crippen molar-refractivity contribution in [2.45, 2.75) is 38.0 Å². The van der Waals surface area contributed by atoms with Crippen LogP contribution in [-0.4, -0.2) is 21.5 Å². The van der Waals surface area contributed by atoms with Gasteiger partial charge < -0.3 is 10.6 Å². The molecule has 112 valence electrons. The smallest absolute Gasteiger partial charge is 0.240 e. The fourth-order valence-corrected chi connectivity index (χ4v) is 3.45. The second kappa shape index (κ2) is 5.26. The molecule has 1 aliphatic heterocycles. The fourth-order valence-electron chi connectivity index (χ4n) is 2.66. The summed E-state index contributed by atoms with van der Waals surface area (Å²) in [6.07, 6.45) is 3.25. The van der Waals surface area contributed by atoms with Crippen molar-refractivity contribution in [3.63, 3.8) is 0 Å². The number of benzene rings is 1. The second-order valence-corrected chi connectivity index (χ2v) is 7.45. The molecule has 1 aromatic rings. The zero-order valence-electron chi connectivity index (χ0n) is 12.1. The van der Waals surface area contributed by atoms with Gasteiger partial charge in [-0.05, 0) is 36.5 Å². The number of piperidine rings is 1. The van der Waals surface area contributed by atoms with Gasteiger partial charge in [0.2, 0.25) is 10.0 Å². The number of sulfonamides is 1. The van der Waals surface area contributed by atoms with Crippen LogP contribution in [0, 0.1) is 5.41 Å². The van der Waals surface area contributed by atoms with Crippen molar-refractivity contribution in [1.29, 1.82) is 0 Å². The zero-order valence-corrected chi connectivity index (χ0v) is 12.9. The molecular weight excluding hydrogens is 274 g/mol. The highest BCUT2D eigenvalue weighted by atomic mass is 32.2. The first-order chi connectivity index (χ1) is 9.25. The van der Waals surface area contributed by atoms with Crippen LogP contribution in [0.5, 0.6) is 0 Å². The van der Waals surface area contributed by atoms with E-state index in [1.165, 1.54) is 6.07 Å². The van der Waals surface area contributed by atoms with Crippen LogP contribution in [-0.2, 0) is 10.0 Å². The molecule has 1 aromatic carbocycles.